The Morgan fingerprint density at radius 1 is 1.43 bits per heavy atom. The molecule has 0 unspecified atom stereocenters. The highest BCUT2D eigenvalue weighted by Crippen LogP contribution is 2.25. The molecule has 0 fully saturated rings. The monoisotopic (exact) mass is 332 g/mol. The summed E-state index contributed by atoms with van der Waals surface area (Å²) in [5.41, 5.74) is 0.811. The topological polar surface area (TPSA) is 89.8 Å². The molecule has 0 aliphatic heterocycles. The minimum absolute atomic E-state index is 0.0883. The number of aromatic amines is 1. The minimum Gasteiger partial charge on any atom is -0.329 e. The average molecular weight is 332 g/mol. The van der Waals surface area contributed by atoms with Crippen molar-refractivity contribution in [3.8, 4) is 6.07 Å². The summed E-state index contributed by atoms with van der Waals surface area (Å²) in [6.07, 6.45) is 1.41. The second-order valence-electron chi connectivity index (χ2n) is 5.45. The second-order valence-corrected chi connectivity index (χ2v) is 6.65. The molecule has 7 heteroatoms. The summed E-state index contributed by atoms with van der Waals surface area (Å²) < 4.78 is 0. The summed E-state index contributed by atoms with van der Waals surface area (Å²) in [5, 5.41) is 9.42. The number of carbonyl (C=O) groups excluding carboxylic acids is 1. The van der Waals surface area contributed by atoms with Gasteiger partial charge < -0.3 is 9.88 Å². The molecule has 1 N–H and O–H groups in total. The number of fused-ring (bicyclic) bond motifs is 1. The number of nitriles is 1. The molecule has 2 heterocycles. The van der Waals surface area contributed by atoms with E-state index in [0.717, 1.165) is 16.9 Å². The van der Waals surface area contributed by atoms with Gasteiger partial charge in [0.1, 0.15) is 17.2 Å². The highest BCUT2D eigenvalue weighted by atomic mass is 32.1. The molecule has 1 amide bonds. The number of nitrogens with zero attached hydrogens (tertiary/aromatic N) is 3. The summed E-state index contributed by atoms with van der Waals surface area (Å²) in [6, 6.07) is 2.01. The van der Waals surface area contributed by atoms with Gasteiger partial charge in [0, 0.05) is 24.3 Å². The van der Waals surface area contributed by atoms with E-state index in [1.165, 1.54) is 16.2 Å². The van der Waals surface area contributed by atoms with Crippen LogP contribution in [0.15, 0.2) is 4.79 Å². The van der Waals surface area contributed by atoms with Crippen LogP contribution in [-0.4, -0.2) is 33.9 Å². The van der Waals surface area contributed by atoms with Gasteiger partial charge >= 0.3 is 0 Å². The molecular formula is C16H20N4O2S. The molecule has 122 valence electrons. The predicted molar refractivity (Wildman–Crippen MR) is 90.5 cm³/mol. The van der Waals surface area contributed by atoms with Gasteiger partial charge in [-0.15, -0.1) is 11.3 Å². The molecule has 2 aromatic heterocycles. The van der Waals surface area contributed by atoms with Crippen LogP contribution in [-0.2, 0) is 11.2 Å². The molecule has 0 radical (unpaired) electrons. The quantitative estimate of drug-likeness (QED) is 0.822. The van der Waals surface area contributed by atoms with E-state index >= 15 is 0 Å². The second kappa shape index (κ2) is 7.38. The van der Waals surface area contributed by atoms with Gasteiger partial charge in [0.05, 0.1) is 11.5 Å². The smallest absolute Gasteiger partial charge is 0.259 e. The van der Waals surface area contributed by atoms with Crippen molar-refractivity contribution in [3.05, 3.63) is 26.6 Å². The minimum atomic E-state index is -0.151. The number of nitrogens with one attached hydrogen (secondary N) is 1. The molecule has 0 saturated heterocycles. The van der Waals surface area contributed by atoms with Crippen LogP contribution < -0.4 is 5.56 Å². The summed E-state index contributed by atoms with van der Waals surface area (Å²) in [5.74, 6) is 0.431. The number of rotatable bonds is 6. The molecule has 0 atom stereocenters. The van der Waals surface area contributed by atoms with Crippen LogP contribution in [0.25, 0.3) is 10.2 Å². The highest BCUT2D eigenvalue weighted by molar-refractivity contribution is 7.18. The van der Waals surface area contributed by atoms with Crippen LogP contribution in [0.1, 0.15) is 36.0 Å². The summed E-state index contributed by atoms with van der Waals surface area (Å²) in [6.45, 7) is 6.51. The fraction of sp³-hybridized carbons (Fsp3) is 0.500. The maximum atomic E-state index is 12.2. The lowest BCUT2D eigenvalue weighted by Crippen LogP contribution is -2.32. The largest absolute Gasteiger partial charge is 0.329 e. The van der Waals surface area contributed by atoms with E-state index in [1.807, 2.05) is 26.8 Å². The Labute approximate surface area is 138 Å². The van der Waals surface area contributed by atoms with E-state index < -0.39 is 0 Å². The van der Waals surface area contributed by atoms with Crippen LogP contribution in [0.2, 0.25) is 0 Å². The number of aromatic nitrogens is 2. The normalized spacial score (nSPS) is 10.7. The van der Waals surface area contributed by atoms with Gasteiger partial charge in [0.25, 0.3) is 5.56 Å². The van der Waals surface area contributed by atoms with Crippen molar-refractivity contribution in [2.24, 2.45) is 0 Å². The van der Waals surface area contributed by atoms with Crippen LogP contribution in [0, 0.1) is 25.2 Å². The van der Waals surface area contributed by atoms with E-state index in [1.54, 1.807) is 0 Å². The number of amides is 1. The van der Waals surface area contributed by atoms with Gasteiger partial charge in [-0.05, 0) is 25.8 Å². The van der Waals surface area contributed by atoms with Crippen LogP contribution in [0.5, 0.6) is 0 Å². The zero-order chi connectivity index (χ0) is 17.0. The third-order valence-corrected chi connectivity index (χ3v) is 4.87. The Morgan fingerprint density at radius 2 is 2.17 bits per heavy atom. The summed E-state index contributed by atoms with van der Waals surface area (Å²) >= 11 is 1.49. The fourth-order valence-corrected chi connectivity index (χ4v) is 3.50. The Bertz CT molecular complexity index is 816. The molecule has 0 saturated carbocycles. The maximum absolute atomic E-state index is 12.2. The van der Waals surface area contributed by atoms with Gasteiger partial charge in [-0.3, -0.25) is 9.59 Å². The van der Waals surface area contributed by atoms with Crippen molar-refractivity contribution in [2.45, 2.75) is 40.0 Å². The van der Waals surface area contributed by atoms with Crippen LogP contribution >= 0.6 is 11.3 Å². The predicted octanol–water partition coefficient (Wildman–Crippen LogP) is 2.30. The van der Waals surface area contributed by atoms with E-state index in [2.05, 4.69) is 9.97 Å². The van der Waals surface area contributed by atoms with Gasteiger partial charge in [-0.1, -0.05) is 6.92 Å². The van der Waals surface area contributed by atoms with Crippen LogP contribution in [0.4, 0.5) is 0 Å². The number of hydrogen-bond donors (Lipinski definition) is 1. The Kier molecular flexibility index (Phi) is 5.50. The maximum Gasteiger partial charge on any atom is 0.259 e. The first-order chi connectivity index (χ1) is 11.0. The van der Waals surface area contributed by atoms with Crippen LogP contribution in [0.3, 0.4) is 0 Å². The zero-order valence-corrected chi connectivity index (χ0v) is 14.4. The van der Waals surface area contributed by atoms with Gasteiger partial charge in [-0.25, -0.2) is 4.98 Å². The third-order valence-electron chi connectivity index (χ3n) is 3.77. The number of H-pyrrole nitrogens is 1. The molecule has 2 rings (SSSR count). The van der Waals surface area contributed by atoms with Gasteiger partial charge in [0.15, 0.2) is 0 Å². The lowest BCUT2D eigenvalue weighted by molar-refractivity contribution is -0.130. The first kappa shape index (κ1) is 17.2. The van der Waals surface area contributed by atoms with Crippen molar-refractivity contribution in [1.29, 1.82) is 5.26 Å². The first-order valence-electron chi connectivity index (χ1n) is 7.61. The SMILES string of the molecule is CCCN(CC#N)C(=O)CCc1nc2sc(C)c(C)c2c(=O)[nH]1. The van der Waals surface area contributed by atoms with E-state index in [9.17, 15) is 9.59 Å². The molecule has 0 aliphatic carbocycles. The molecular weight excluding hydrogens is 312 g/mol. The fourth-order valence-electron chi connectivity index (χ4n) is 2.45. The van der Waals surface area contributed by atoms with E-state index in [-0.39, 0.29) is 24.4 Å². The Morgan fingerprint density at radius 3 is 2.83 bits per heavy atom. The Balaban J connectivity index is 2.15. The molecule has 0 bridgehead atoms. The molecule has 0 aromatic carbocycles. The van der Waals surface area contributed by atoms with Crippen molar-refractivity contribution in [2.75, 3.05) is 13.1 Å². The molecule has 2 aromatic rings. The number of hydrogen-bond acceptors (Lipinski definition) is 5. The van der Waals surface area contributed by atoms with E-state index in [0.29, 0.717) is 29.0 Å². The zero-order valence-electron chi connectivity index (χ0n) is 13.6. The third kappa shape index (κ3) is 3.77. The van der Waals surface area contributed by atoms with Crippen molar-refractivity contribution < 1.29 is 4.79 Å². The standard InChI is InChI=1S/C16H20N4O2S/c1-4-8-20(9-7-17)13(21)6-5-12-18-15(22)14-10(2)11(3)23-16(14)19-12/h4-6,8-9H2,1-3H3,(H,18,19,22). The molecule has 6 nitrogen and oxygen atoms in total. The Hall–Kier alpha value is -2.20. The first-order valence-corrected chi connectivity index (χ1v) is 8.43. The lowest BCUT2D eigenvalue weighted by Gasteiger charge is -2.18. The van der Waals surface area contributed by atoms with Crippen molar-refractivity contribution >= 4 is 27.5 Å². The number of carbonyl (C=O) groups is 1. The van der Waals surface area contributed by atoms with Crippen molar-refractivity contribution in [3.63, 3.8) is 0 Å². The average Bonchev–Trinajstić information content (AvgIpc) is 2.79. The van der Waals surface area contributed by atoms with Gasteiger partial charge in [-0.2, -0.15) is 5.26 Å². The number of aryl methyl sites for hydroxylation is 3. The lowest BCUT2D eigenvalue weighted by atomic mass is 10.2. The van der Waals surface area contributed by atoms with E-state index in [4.69, 9.17) is 5.26 Å². The van der Waals surface area contributed by atoms with Gasteiger partial charge in [0.2, 0.25) is 5.91 Å². The molecule has 0 aliphatic rings. The summed E-state index contributed by atoms with van der Waals surface area (Å²) in [4.78, 5) is 34.9. The van der Waals surface area contributed by atoms with Crippen molar-refractivity contribution in [1.82, 2.24) is 14.9 Å². The highest BCUT2D eigenvalue weighted by Gasteiger charge is 2.15. The molecule has 0 spiro atoms. The molecule has 23 heavy (non-hydrogen) atoms. The summed E-state index contributed by atoms with van der Waals surface area (Å²) in [7, 11) is 0. The number of thiophene rings is 1.